The first-order valence-corrected chi connectivity index (χ1v) is 7.03. The maximum atomic E-state index is 6.31. The van der Waals surface area contributed by atoms with E-state index in [4.69, 9.17) is 17.4 Å². The van der Waals surface area contributed by atoms with Crippen LogP contribution in [0.3, 0.4) is 0 Å². The number of aryl methyl sites for hydroxylation is 4. The summed E-state index contributed by atoms with van der Waals surface area (Å²) < 4.78 is 1.70. The van der Waals surface area contributed by atoms with Crippen molar-refractivity contribution in [3.8, 4) is 0 Å². The zero-order valence-corrected chi connectivity index (χ0v) is 13.1. The molecule has 0 saturated carbocycles. The van der Waals surface area contributed by atoms with Crippen molar-refractivity contribution in [3.63, 3.8) is 0 Å². The van der Waals surface area contributed by atoms with Crippen molar-refractivity contribution in [1.29, 1.82) is 0 Å². The highest BCUT2D eigenvalue weighted by molar-refractivity contribution is 6.30. The first-order valence-electron chi connectivity index (χ1n) is 6.66. The summed E-state index contributed by atoms with van der Waals surface area (Å²) in [4.78, 5) is 0. The minimum Gasteiger partial charge on any atom is -0.271 e. The molecule has 0 saturated heterocycles. The molecular weight excluding hydrogens is 272 g/mol. The minimum atomic E-state index is 0.0246. The van der Waals surface area contributed by atoms with E-state index >= 15 is 0 Å². The van der Waals surface area contributed by atoms with Crippen molar-refractivity contribution in [1.82, 2.24) is 15.2 Å². The van der Waals surface area contributed by atoms with Crippen LogP contribution >= 0.6 is 11.6 Å². The molecule has 0 spiro atoms. The van der Waals surface area contributed by atoms with Crippen molar-refractivity contribution < 1.29 is 0 Å². The lowest BCUT2D eigenvalue weighted by molar-refractivity contribution is 0.545. The summed E-state index contributed by atoms with van der Waals surface area (Å²) >= 11 is 6.31. The van der Waals surface area contributed by atoms with E-state index in [1.54, 1.807) is 4.68 Å². The Morgan fingerprint density at radius 3 is 2.35 bits per heavy atom. The number of rotatable bonds is 4. The van der Waals surface area contributed by atoms with Gasteiger partial charge in [0.25, 0.3) is 0 Å². The van der Waals surface area contributed by atoms with Crippen LogP contribution in [0.1, 0.15) is 34.0 Å². The van der Waals surface area contributed by atoms with Gasteiger partial charge in [-0.1, -0.05) is 29.8 Å². The molecule has 1 unspecified atom stereocenters. The second kappa shape index (κ2) is 5.95. The van der Waals surface area contributed by atoms with Gasteiger partial charge in [0.15, 0.2) is 0 Å². The number of nitrogens with one attached hydrogen (secondary N) is 1. The second-order valence-electron chi connectivity index (χ2n) is 5.21. The third kappa shape index (κ3) is 2.73. The summed E-state index contributed by atoms with van der Waals surface area (Å²) in [5.74, 6) is 5.78. The Bertz CT molecular complexity index is 598. The van der Waals surface area contributed by atoms with E-state index in [-0.39, 0.29) is 6.04 Å². The molecule has 0 radical (unpaired) electrons. The summed E-state index contributed by atoms with van der Waals surface area (Å²) in [5, 5.41) is 5.03. The van der Waals surface area contributed by atoms with E-state index in [9.17, 15) is 0 Å². The number of benzene rings is 1. The first-order chi connectivity index (χ1) is 9.45. The molecule has 0 aliphatic heterocycles. The fourth-order valence-corrected chi connectivity index (χ4v) is 2.98. The molecule has 1 heterocycles. The molecule has 4 nitrogen and oxygen atoms in total. The SMILES string of the molecule is Cc1cccc(C)c1C(Cc1c(C)nn(C)c1Cl)NN. The number of hydrazine groups is 1. The Morgan fingerprint density at radius 2 is 1.90 bits per heavy atom. The van der Waals surface area contributed by atoms with Crippen LogP contribution in [-0.4, -0.2) is 9.78 Å². The van der Waals surface area contributed by atoms with E-state index in [0.29, 0.717) is 5.15 Å². The number of hydrogen-bond donors (Lipinski definition) is 2. The molecule has 0 amide bonds. The van der Waals surface area contributed by atoms with Gasteiger partial charge in [-0.05, 0) is 43.9 Å². The van der Waals surface area contributed by atoms with Crippen LogP contribution in [0, 0.1) is 20.8 Å². The largest absolute Gasteiger partial charge is 0.271 e. The van der Waals surface area contributed by atoms with Crippen LogP contribution in [0.15, 0.2) is 18.2 Å². The molecule has 5 heteroatoms. The highest BCUT2D eigenvalue weighted by Crippen LogP contribution is 2.28. The molecule has 2 rings (SSSR count). The molecule has 0 aliphatic carbocycles. The predicted molar refractivity (Wildman–Crippen MR) is 82.6 cm³/mol. The Kier molecular flexibility index (Phi) is 4.48. The average molecular weight is 293 g/mol. The molecule has 0 aliphatic rings. The van der Waals surface area contributed by atoms with Crippen molar-refractivity contribution >= 4 is 11.6 Å². The van der Waals surface area contributed by atoms with Crippen molar-refractivity contribution in [2.75, 3.05) is 0 Å². The summed E-state index contributed by atoms with van der Waals surface area (Å²) in [6.07, 6.45) is 0.723. The topological polar surface area (TPSA) is 55.9 Å². The van der Waals surface area contributed by atoms with E-state index in [1.807, 2.05) is 14.0 Å². The standard InChI is InChI=1S/C15H21ClN4/c1-9-6-5-7-10(2)14(9)13(18-17)8-12-11(3)19-20(4)15(12)16/h5-7,13,18H,8,17H2,1-4H3. The molecule has 2 aromatic rings. The molecule has 1 atom stereocenters. The molecule has 0 fully saturated rings. The Hall–Kier alpha value is -1.36. The zero-order chi connectivity index (χ0) is 14.9. The van der Waals surface area contributed by atoms with Crippen LogP contribution in [0.25, 0.3) is 0 Å². The lowest BCUT2D eigenvalue weighted by Gasteiger charge is -2.21. The average Bonchev–Trinajstić information content (AvgIpc) is 2.63. The van der Waals surface area contributed by atoms with Crippen LogP contribution in [0.4, 0.5) is 0 Å². The normalized spacial score (nSPS) is 12.7. The Morgan fingerprint density at radius 1 is 1.30 bits per heavy atom. The fraction of sp³-hybridized carbons (Fsp3) is 0.400. The molecule has 0 bridgehead atoms. The summed E-state index contributed by atoms with van der Waals surface area (Å²) in [6.45, 7) is 6.17. The minimum absolute atomic E-state index is 0.0246. The summed E-state index contributed by atoms with van der Waals surface area (Å²) in [5.41, 5.74) is 8.59. The maximum absolute atomic E-state index is 6.31. The van der Waals surface area contributed by atoms with E-state index in [0.717, 1.165) is 17.7 Å². The monoisotopic (exact) mass is 292 g/mol. The summed E-state index contributed by atoms with van der Waals surface area (Å²) in [6, 6.07) is 6.29. The predicted octanol–water partition coefficient (Wildman–Crippen LogP) is 2.75. The third-order valence-corrected chi connectivity index (χ3v) is 4.24. The fourth-order valence-electron chi connectivity index (χ4n) is 2.73. The van der Waals surface area contributed by atoms with Gasteiger partial charge in [0.05, 0.1) is 11.7 Å². The van der Waals surface area contributed by atoms with Gasteiger partial charge in [-0.15, -0.1) is 0 Å². The summed E-state index contributed by atoms with van der Waals surface area (Å²) in [7, 11) is 1.85. The first kappa shape index (κ1) is 15.0. The van der Waals surface area contributed by atoms with Crippen molar-refractivity contribution in [2.45, 2.75) is 33.2 Å². The number of nitrogens with zero attached hydrogens (tertiary/aromatic N) is 2. The van der Waals surface area contributed by atoms with Crippen LogP contribution < -0.4 is 11.3 Å². The lowest BCUT2D eigenvalue weighted by atomic mass is 9.92. The van der Waals surface area contributed by atoms with Gasteiger partial charge in [-0.2, -0.15) is 5.10 Å². The highest BCUT2D eigenvalue weighted by atomic mass is 35.5. The van der Waals surface area contributed by atoms with E-state index < -0.39 is 0 Å². The molecule has 1 aromatic carbocycles. The van der Waals surface area contributed by atoms with E-state index in [2.05, 4.69) is 42.6 Å². The Labute approximate surface area is 124 Å². The Balaban J connectivity index is 2.39. The number of aromatic nitrogens is 2. The van der Waals surface area contributed by atoms with Crippen LogP contribution in [-0.2, 0) is 13.5 Å². The highest BCUT2D eigenvalue weighted by Gasteiger charge is 2.20. The maximum Gasteiger partial charge on any atom is 0.130 e. The third-order valence-electron chi connectivity index (χ3n) is 3.77. The van der Waals surface area contributed by atoms with Gasteiger partial charge in [-0.3, -0.25) is 16.0 Å². The second-order valence-corrected chi connectivity index (χ2v) is 5.57. The van der Waals surface area contributed by atoms with Gasteiger partial charge in [0.2, 0.25) is 0 Å². The lowest BCUT2D eigenvalue weighted by Crippen LogP contribution is -2.30. The van der Waals surface area contributed by atoms with E-state index in [1.165, 1.54) is 16.7 Å². The van der Waals surface area contributed by atoms with Gasteiger partial charge >= 0.3 is 0 Å². The molecule has 3 N–H and O–H groups in total. The molecule has 108 valence electrons. The molecule has 1 aromatic heterocycles. The number of nitrogens with two attached hydrogens (primary N) is 1. The number of halogens is 1. The molecular formula is C15H21ClN4. The van der Waals surface area contributed by atoms with Crippen molar-refractivity contribution in [3.05, 3.63) is 51.3 Å². The van der Waals surface area contributed by atoms with Gasteiger partial charge in [-0.25, -0.2) is 0 Å². The zero-order valence-electron chi connectivity index (χ0n) is 12.4. The van der Waals surface area contributed by atoms with Gasteiger partial charge in [0.1, 0.15) is 5.15 Å². The quantitative estimate of drug-likeness (QED) is 0.673. The van der Waals surface area contributed by atoms with Gasteiger partial charge in [0, 0.05) is 12.6 Å². The van der Waals surface area contributed by atoms with Crippen molar-refractivity contribution in [2.24, 2.45) is 12.9 Å². The molecule has 20 heavy (non-hydrogen) atoms. The number of hydrogen-bond acceptors (Lipinski definition) is 3. The smallest absolute Gasteiger partial charge is 0.130 e. The van der Waals surface area contributed by atoms with Crippen LogP contribution in [0.5, 0.6) is 0 Å². The van der Waals surface area contributed by atoms with Gasteiger partial charge < -0.3 is 0 Å². The van der Waals surface area contributed by atoms with Crippen LogP contribution in [0.2, 0.25) is 5.15 Å².